The normalized spacial score (nSPS) is 27.8. The molecule has 0 aromatic heterocycles. The Balaban J connectivity index is 1.27. The molecule has 1 aliphatic carbocycles. The molecule has 3 aliphatic heterocycles. The summed E-state index contributed by atoms with van der Waals surface area (Å²) in [6, 6.07) is 4.47. The van der Waals surface area contributed by atoms with Crippen LogP contribution in [0, 0.1) is 11.3 Å². The second-order valence-electron chi connectivity index (χ2n) is 9.79. The van der Waals surface area contributed by atoms with Crippen LogP contribution in [0.5, 0.6) is 0 Å². The second-order valence-corrected chi connectivity index (χ2v) is 9.79. The number of amides is 4. The van der Waals surface area contributed by atoms with Crippen LogP contribution in [-0.4, -0.2) is 59.1 Å². The molecule has 0 radical (unpaired) electrons. The van der Waals surface area contributed by atoms with E-state index in [-0.39, 0.29) is 18.7 Å². The Bertz CT molecular complexity index is 982. The molecule has 1 saturated carbocycles. The molecule has 32 heavy (non-hydrogen) atoms. The van der Waals surface area contributed by atoms with Crippen molar-refractivity contribution < 1.29 is 19.2 Å². The Labute approximate surface area is 187 Å². The van der Waals surface area contributed by atoms with Gasteiger partial charge in [0.2, 0.25) is 11.8 Å². The summed E-state index contributed by atoms with van der Waals surface area (Å²) >= 11 is 0. The summed E-state index contributed by atoms with van der Waals surface area (Å²) in [6.07, 6.45) is 6.45. The van der Waals surface area contributed by atoms with Crippen LogP contribution in [0.3, 0.4) is 0 Å². The molecular formula is C24H30N4O4. The van der Waals surface area contributed by atoms with E-state index < -0.39 is 23.8 Å². The second kappa shape index (κ2) is 8.08. The minimum absolute atomic E-state index is 0.122. The smallest absolute Gasteiger partial charge is 0.262 e. The lowest BCUT2D eigenvalue weighted by Gasteiger charge is -2.43. The Morgan fingerprint density at radius 3 is 2.47 bits per heavy atom. The lowest BCUT2D eigenvalue weighted by Crippen LogP contribution is -2.54. The number of hydrogen-bond donors (Lipinski definition) is 2. The summed E-state index contributed by atoms with van der Waals surface area (Å²) in [5.41, 5.74) is 8.12. The van der Waals surface area contributed by atoms with Crippen LogP contribution < -0.4 is 11.1 Å². The molecule has 0 bridgehead atoms. The van der Waals surface area contributed by atoms with Crippen molar-refractivity contribution in [1.82, 2.24) is 15.1 Å². The molecule has 8 heteroatoms. The zero-order chi connectivity index (χ0) is 22.5. The molecule has 3 N–H and O–H groups in total. The first-order chi connectivity index (χ1) is 15.4. The number of nitrogens with two attached hydrogens (primary N) is 1. The highest BCUT2D eigenvalue weighted by atomic mass is 16.2. The van der Waals surface area contributed by atoms with E-state index in [1.807, 2.05) is 6.07 Å². The van der Waals surface area contributed by atoms with Crippen molar-refractivity contribution in [1.29, 1.82) is 0 Å². The fourth-order valence-electron chi connectivity index (χ4n) is 6.27. The minimum atomic E-state index is -0.927. The summed E-state index contributed by atoms with van der Waals surface area (Å²) in [4.78, 5) is 53.0. The number of benzene rings is 1. The molecule has 2 saturated heterocycles. The van der Waals surface area contributed by atoms with E-state index in [1.54, 1.807) is 12.1 Å². The number of rotatable bonds is 4. The maximum absolute atomic E-state index is 13.0. The van der Waals surface area contributed by atoms with Crippen molar-refractivity contribution in [2.75, 3.05) is 19.6 Å². The van der Waals surface area contributed by atoms with E-state index in [1.165, 1.54) is 32.1 Å². The number of nitrogens with one attached hydrogen (secondary N) is 1. The third-order valence-corrected chi connectivity index (χ3v) is 8.14. The van der Waals surface area contributed by atoms with Crippen molar-refractivity contribution >= 4 is 23.6 Å². The van der Waals surface area contributed by atoms with Crippen LogP contribution in [0.1, 0.15) is 71.2 Å². The number of fused-ring (bicyclic) bond motifs is 1. The van der Waals surface area contributed by atoms with Crippen LogP contribution in [0.4, 0.5) is 0 Å². The van der Waals surface area contributed by atoms with E-state index in [2.05, 4.69) is 10.2 Å². The van der Waals surface area contributed by atoms with Crippen LogP contribution >= 0.6 is 0 Å². The Kier molecular flexibility index (Phi) is 5.37. The molecular weight excluding hydrogens is 408 g/mol. The number of carbonyl (C=O) groups is 4. The number of carbonyl (C=O) groups excluding carboxylic acids is 4. The molecule has 3 fully saturated rings. The maximum atomic E-state index is 13.0. The molecule has 170 valence electrons. The molecule has 1 aromatic carbocycles. The SMILES string of the molecule is NCC1CCCC12CCN(Cc1ccc3c(c1)C(=O)N(C1CCC(=O)NC1=O)C3=O)CC2. The fraction of sp³-hybridized carbons (Fsp3) is 0.583. The Morgan fingerprint density at radius 1 is 1.00 bits per heavy atom. The van der Waals surface area contributed by atoms with Gasteiger partial charge in [-0.15, -0.1) is 0 Å². The van der Waals surface area contributed by atoms with E-state index in [9.17, 15) is 19.2 Å². The summed E-state index contributed by atoms with van der Waals surface area (Å²) in [5.74, 6) is -1.22. The van der Waals surface area contributed by atoms with Gasteiger partial charge in [0.15, 0.2) is 0 Å². The first kappa shape index (κ1) is 21.3. The lowest BCUT2D eigenvalue weighted by atomic mass is 9.70. The highest BCUT2D eigenvalue weighted by molar-refractivity contribution is 6.23. The van der Waals surface area contributed by atoms with Gasteiger partial charge in [0.25, 0.3) is 11.8 Å². The van der Waals surface area contributed by atoms with E-state index >= 15 is 0 Å². The van der Waals surface area contributed by atoms with Gasteiger partial charge in [0.05, 0.1) is 11.1 Å². The molecule has 1 spiro atoms. The predicted molar refractivity (Wildman–Crippen MR) is 116 cm³/mol. The molecule has 5 rings (SSSR count). The van der Waals surface area contributed by atoms with Crippen molar-refractivity contribution in [3.05, 3.63) is 34.9 Å². The standard InChI is InChI=1S/C24H30N4O4/c25-13-16-2-1-7-24(16)8-10-27(11-9-24)14-15-3-4-17-18(12-15)23(32)28(22(17)31)19-5-6-20(29)26-21(19)30/h3-4,12,16,19H,1-2,5-11,13-14,25H2,(H,26,29,30). The van der Waals surface area contributed by atoms with Gasteiger partial charge in [-0.2, -0.15) is 0 Å². The van der Waals surface area contributed by atoms with Crippen molar-refractivity contribution in [3.63, 3.8) is 0 Å². The summed E-state index contributed by atoms with van der Waals surface area (Å²) in [5, 5.41) is 2.23. The Hall–Kier alpha value is -2.58. The number of imide groups is 2. The van der Waals surface area contributed by atoms with Crippen molar-refractivity contribution in [2.45, 2.75) is 57.5 Å². The van der Waals surface area contributed by atoms with Crippen molar-refractivity contribution in [2.24, 2.45) is 17.1 Å². The van der Waals surface area contributed by atoms with Gasteiger partial charge in [-0.3, -0.25) is 34.3 Å². The third kappa shape index (κ3) is 3.46. The van der Waals surface area contributed by atoms with Crippen LogP contribution in [0.15, 0.2) is 18.2 Å². The third-order valence-electron chi connectivity index (χ3n) is 8.14. The zero-order valence-electron chi connectivity index (χ0n) is 18.3. The molecule has 8 nitrogen and oxygen atoms in total. The molecule has 2 unspecified atom stereocenters. The highest BCUT2D eigenvalue weighted by Crippen LogP contribution is 2.50. The molecule has 1 aromatic rings. The summed E-state index contributed by atoms with van der Waals surface area (Å²) in [7, 11) is 0. The van der Waals surface area contributed by atoms with Gasteiger partial charge in [-0.25, -0.2) is 0 Å². The minimum Gasteiger partial charge on any atom is -0.330 e. The van der Waals surface area contributed by atoms with Crippen LogP contribution in [0.2, 0.25) is 0 Å². The summed E-state index contributed by atoms with van der Waals surface area (Å²) < 4.78 is 0. The zero-order valence-corrected chi connectivity index (χ0v) is 18.3. The highest BCUT2D eigenvalue weighted by Gasteiger charge is 2.45. The number of hydrogen-bond acceptors (Lipinski definition) is 6. The average Bonchev–Trinajstić information content (AvgIpc) is 3.29. The van der Waals surface area contributed by atoms with Gasteiger partial charge < -0.3 is 5.73 Å². The van der Waals surface area contributed by atoms with Crippen LogP contribution in [-0.2, 0) is 16.1 Å². The van der Waals surface area contributed by atoms with E-state index in [0.717, 1.165) is 36.6 Å². The van der Waals surface area contributed by atoms with Gasteiger partial charge in [0, 0.05) is 13.0 Å². The fourth-order valence-corrected chi connectivity index (χ4v) is 6.27. The van der Waals surface area contributed by atoms with E-state index in [0.29, 0.717) is 22.5 Å². The topological polar surface area (TPSA) is 113 Å². The largest absolute Gasteiger partial charge is 0.330 e. The summed E-state index contributed by atoms with van der Waals surface area (Å²) in [6.45, 7) is 3.55. The number of piperidine rings is 2. The number of likely N-dealkylation sites (tertiary alicyclic amines) is 1. The molecule has 2 atom stereocenters. The quantitative estimate of drug-likeness (QED) is 0.688. The maximum Gasteiger partial charge on any atom is 0.262 e. The van der Waals surface area contributed by atoms with E-state index in [4.69, 9.17) is 5.73 Å². The molecule has 3 heterocycles. The van der Waals surface area contributed by atoms with Gasteiger partial charge in [-0.05, 0) is 80.8 Å². The first-order valence-electron chi connectivity index (χ1n) is 11.7. The lowest BCUT2D eigenvalue weighted by molar-refractivity contribution is -0.136. The van der Waals surface area contributed by atoms with Gasteiger partial charge in [0.1, 0.15) is 6.04 Å². The number of nitrogens with zero attached hydrogens (tertiary/aromatic N) is 2. The predicted octanol–water partition coefficient (Wildman–Crippen LogP) is 1.43. The first-order valence-corrected chi connectivity index (χ1v) is 11.7. The van der Waals surface area contributed by atoms with Crippen molar-refractivity contribution in [3.8, 4) is 0 Å². The van der Waals surface area contributed by atoms with Gasteiger partial charge >= 0.3 is 0 Å². The Morgan fingerprint density at radius 2 is 1.75 bits per heavy atom. The van der Waals surface area contributed by atoms with Crippen LogP contribution in [0.25, 0.3) is 0 Å². The van der Waals surface area contributed by atoms with Gasteiger partial charge in [-0.1, -0.05) is 12.5 Å². The average molecular weight is 439 g/mol. The monoisotopic (exact) mass is 438 g/mol. The molecule has 4 amide bonds. The molecule has 4 aliphatic rings.